The van der Waals surface area contributed by atoms with Gasteiger partial charge in [-0.2, -0.15) is 0 Å². The van der Waals surface area contributed by atoms with Crippen molar-refractivity contribution in [3.63, 3.8) is 0 Å². The lowest BCUT2D eigenvalue weighted by Gasteiger charge is -2.08. The summed E-state index contributed by atoms with van der Waals surface area (Å²) in [6.45, 7) is 0.517. The van der Waals surface area contributed by atoms with Gasteiger partial charge in [0.05, 0.1) is 5.56 Å². The highest BCUT2D eigenvalue weighted by Gasteiger charge is 2.11. The largest absolute Gasteiger partial charge is 0.507 e. The number of phenols is 1. The first-order chi connectivity index (χ1) is 12.6. The van der Waals surface area contributed by atoms with Crippen LogP contribution in [0.15, 0.2) is 67.3 Å². The highest BCUT2D eigenvalue weighted by molar-refractivity contribution is 5.95. The number of fused-ring (bicyclic) bond motifs is 1. The number of benzene rings is 1. The summed E-state index contributed by atoms with van der Waals surface area (Å²) in [5.74, 6) is -0.763. The molecule has 0 saturated carbocycles. The maximum absolute atomic E-state index is 11.2. The summed E-state index contributed by atoms with van der Waals surface area (Å²) in [6, 6.07) is 12.8. The minimum Gasteiger partial charge on any atom is -0.507 e. The Balaban J connectivity index is 1.73. The van der Waals surface area contributed by atoms with E-state index in [1.54, 1.807) is 30.7 Å². The minimum atomic E-state index is -0.649. The van der Waals surface area contributed by atoms with Crippen LogP contribution in [0.4, 0.5) is 0 Å². The number of nitrogens with zero attached hydrogens (tertiary/aromatic N) is 3. The normalized spacial score (nSPS) is 10.9. The highest BCUT2D eigenvalue weighted by atomic mass is 16.3. The molecule has 0 aliphatic rings. The number of hydrogen-bond donors (Lipinski definition) is 2. The van der Waals surface area contributed by atoms with Crippen LogP contribution in [0.5, 0.6) is 5.75 Å². The third kappa shape index (κ3) is 2.77. The fraction of sp³-hybridized carbons (Fsp3) is 0.0500. The molecular formula is C20H16N4O2. The first kappa shape index (κ1) is 15.8. The summed E-state index contributed by atoms with van der Waals surface area (Å²) < 4.78 is 2.00. The molecule has 0 aliphatic carbocycles. The van der Waals surface area contributed by atoms with Crippen LogP contribution in [-0.4, -0.2) is 25.5 Å². The minimum absolute atomic E-state index is 0.114. The Labute approximate surface area is 149 Å². The summed E-state index contributed by atoms with van der Waals surface area (Å²) in [4.78, 5) is 19.8. The second-order valence-corrected chi connectivity index (χ2v) is 5.99. The van der Waals surface area contributed by atoms with Crippen LogP contribution >= 0.6 is 0 Å². The second-order valence-electron chi connectivity index (χ2n) is 5.99. The fourth-order valence-electron chi connectivity index (χ4n) is 3.08. The van der Waals surface area contributed by atoms with Crippen molar-refractivity contribution in [1.29, 1.82) is 0 Å². The molecule has 0 fully saturated rings. The van der Waals surface area contributed by atoms with Gasteiger partial charge < -0.3 is 15.4 Å². The molecule has 128 valence electrons. The SMILES string of the molecule is NC(=O)c1ccc(Cn2ccc3c(-c4ccncc4)ccnc32)cc1O. The van der Waals surface area contributed by atoms with Gasteiger partial charge in [0, 0.05) is 36.7 Å². The first-order valence-corrected chi connectivity index (χ1v) is 8.09. The summed E-state index contributed by atoms with van der Waals surface area (Å²) in [6.07, 6.45) is 7.27. The van der Waals surface area contributed by atoms with Crippen LogP contribution in [0.25, 0.3) is 22.2 Å². The lowest BCUT2D eigenvalue weighted by Crippen LogP contribution is -2.11. The van der Waals surface area contributed by atoms with Crippen molar-refractivity contribution in [2.24, 2.45) is 5.73 Å². The number of aromatic hydroxyl groups is 1. The monoisotopic (exact) mass is 344 g/mol. The van der Waals surface area contributed by atoms with Crippen molar-refractivity contribution in [2.45, 2.75) is 6.54 Å². The average Bonchev–Trinajstić information content (AvgIpc) is 3.05. The van der Waals surface area contributed by atoms with E-state index < -0.39 is 5.91 Å². The van der Waals surface area contributed by atoms with E-state index in [2.05, 4.69) is 9.97 Å². The third-order valence-corrected chi connectivity index (χ3v) is 4.33. The van der Waals surface area contributed by atoms with Crippen molar-refractivity contribution in [1.82, 2.24) is 14.5 Å². The molecule has 0 radical (unpaired) electrons. The Kier molecular flexibility index (Phi) is 3.85. The number of pyridine rings is 2. The molecule has 4 aromatic rings. The molecule has 3 heterocycles. The van der Waals surface area contributed by atoms with Crippen molar-refractivity contribution >= 4 is 16.9 Å². The maximum Gasteiger partial charge on any atom is 0.252 e. The van der Waals surface area contributed by atoms with Crippen LogP contribution < -0.4 is 5.73 Å². The van der Waals surface area contributed by atoms with Crippen molar-refractivity contribution in [2.75, 3.05) is 0 Å². The van der Waals surface area contributed by atoms with Crippen LogP contribution in [-0.2, 0) is 6.54 Å². The number of rotatable bonds is 4. The van der Waals surface area contributed by atoms with Crippen molar-refractivity contribution in [3.05, 3.63) is 78.4 Å². The third-order valence-electron chi connectivity index (χ3n) is 4.33. The van der Waals surface area contributed by atoms with Gasteiger partial charge in [-0.1, -0.05) is 6.07 Å². The Morgan fingerprint density at radius 3 is 2.62 bits per heavy atom. The van der Waals surface area contributed by atoms with Crippen LogP contribution in [0, 0.1) is 0 Å². The molecular weight excluding hydrogens is 328 g/mol. The predicted octanol–water partition coefficient (Wildman–Crippen LogP) is 2.95. The molecule has 0 atom stereocenters. The van der Waals surface area contributed by atoms with E-state index in [1.165, 1.54) is 6.07 Å². The van der Waals surface area contributed by atoms with E-state index in [1.807, 2.05) is 35.0 Å². The zero-order chi connectivity index (χ0) is 18.1. The standard InChI is InChI=1S/C20H16N4O2/c21-19(26)17-2-1-13(11-18(17)25)12-24-10-6-16-15(5-9-23-20(16)24)14-3-7-22-8-4-14/h1-11,25H,12H2,(H2,21,26). The molecule has 0 bridgehead atoms. The maximum atomic E-state index is 11.2. The molecule has 0 unspecified atom stereocenters. The summed E-state index contributed by atoms with van der Waals surface area (Å²) in [7, 11) is 0. The Bertz CT molecular complexity index is 1100. The van der Waals surface area contributed by atoms with E-state index >= 15 is 0 Å². The van der Waals surface area contributed by atoms with Gasteiger partial charge in [-0.05, 0) is 53.1 Å². The van der Waals surface area contributed by atoms with E-state index in [0.29, 0.717) is 6.54 Å². The van der Waals surface area contributed by atoms with Gasteiger partial charge >= 0.3 is 0 Å². The summed E-state index contributed by atoms with van der Waals surface area (Å²) in [5, 5.41) is 11.0. The predicted molar refractivity (Wildman–Crippen MR) is 98.7 cm³/mol. The first-order valence-electron chi connectivity index (χ1n) is 8.09. The molecule has 6 heteroatoms. The number of primary amides is 1. The fourth-order valence-corrected chi connectivity index (χ4v) is 3.08. The number of carbonyl (C=O) groups is 1. The van der Waals surface area contributed by atoms with Gasteiger partial charge in [-0.15, -0.1) is 0 Å². The average molecular weight is 344 g/mol. The number of nitrogens with two attached hydrogens (primary N) is 1. The van der Waals surface area contributed by atoms with Gasteiger partial charge in [-0.3, -0.25) is 9.78 Å². The molecule has 0 saturated heterocycles. The highest BCUT2D eigenvalue weighted by Crippen LogP contribution is 2.28. The molecule has 0 spiro atoms. The van der Waals surface area contributed by atoms with E-state index in [9.17, 15) is 9.90 Å². The molecule has 3 aromatic heterocycles. The van der Waals surface area contributed by atoms with Crippen LogP contribution in [0.2, 0.25) is 0 Å². The molecule has 0 aliphatic heterocycles. The lowest BCUT2D eigenvalue weighted by molar-refractivity contribution is 0.0998. The van der Waals surface area contributed by atoms with Crippen molar-refractivity contribution < 1.29 is 9.90 Å². The Morgan fingerprint density at radius 1 is 1.08 bits per heavy atom. The topological polar surface area (TPSA) is 94.0 Å². The molecule has 1 amide bonds. The van der Waals surface area contributed by atoms with Gasteiger partial charge in [0.1, 0.15) is 11.4 Å². The van der Waals surface area contributed by atoms with E-state index in [0.717, 1.165) is 27.7 Å². The summed E-state index contributed by atoms with van der Waals surface area (Å²) >= 11 is 0. The molecule has 1 aromatic carbocycles. The number of aromatic nitrogens is 3. The molecule has 26 heavy (non-hydrogen) atoms. The summed E-state index contributed by atoms with van der Waals surface area (Å²) in [5.41, 5.74) is 9.20. The van der Waals surface area contributed by atoms with Gasteiger partial charge in [0.15, 0.2) is 0 Å². The van der Waals surface area contributed by atoms with Gasteiger partial charge in [-0.25, -0.2) is 4.98 Å². The van der Waals surface area contributed by atoms with Crippen LogP contribution in [0.3, 0.4) is 0 Å². The number of amides is 1. The Hall–Kier alpha value is -3.67. The lowest BCUT2D eigenvalue weighted by atomic mass is 10.1. The van der Waals surface area contributed by atoms with Gasteiger partial charge in [0.2, 0.25) is 0 Å². The molecule has 3 N–H and O–H groups in total. The molecule has 6 nitrogen and oxygen atoms in total. The zero-order valence-electron chi connectivity index (χ0n) is 13.8. The zero-order valence-corrected chi connectivity index (χ0v) is 13.8. The van der Waals surface area contributed by atoms with Crippen molar-refractivity contribution in [3.8, 4) is 16.9 Å². The smallest absolute Gasteiger partial charge is 0.252 e. The second kappa shape index (κ2) is 6.33. The van der Waals surface area contributed by atoms with Crippen LogP contribution in [0.1, 0.15) is 15.9 Å². The number of carbonyl (C=O) groups excluding carboxylic acids is 1. The molecule has 4 rings (SSSR count). The van der Waals surface area contributed by atoms with Gasteiger partial charge in [0.25, 0.3) is 5.91 Å². The quantitative estimate of drug-likeness (QED) is 0.595. The van der Waals surface area contributed by atoms with E-state index in [4.69, 9.17) is 5.73 Å². The number of hydrogen-bond acceptors (Lipinski definition) is 4. The van der Waals surface area contributed by atoms with E-state index in [-0.39, 0.29) is 11.3 Å². The Morgan fingerprint density at radius 2 is 1.88 bits per heavy atom.